The molecule has 2 aromatic rings. The number of hydrogen-bond acceptors (Lipinski definition) is 3. The predicted octanol–water partition coefficient (Wildman–Crippen LogP) is 3.39. The molecule has 1 aromatic carbocycles. The van der Waals surface area contributed by atoms with E-state index in [9.17, 15) is 0 Å². The van der Waals surface area contributed by atoms with Crippen molar-refractivity contribution in [2.45, 2.75) is 13.3 Å². The minimum Gasteiger partial charge on any atom is -0.385 e. The molecular weight excluding hydrogens is 306 g/mol. The quantitative estimate of drug-likeness (QED) is 0.828. The molecule has 19 heavy (non-hydrogen) atoms. The first-order chi connectivity index (χ1) is 9.24. The first-order valence-electron chi connectivity index (χ1n) is 6.25. The highest BCUT2D eigenvalue weighted by atomic mass is 79.9. The summed E-state index contributed by atoms with van der Waals surface area (Å²) in [5.74, 6) is 0.859. The maximum Gasteiger partial charge on any atom is 0.207 e. The Morgan fingerprint density at radius 1 is 1.42 bits per heavy atom. The van der Waals surface area contributed by atoms with Crippen LogP contribution in [0.25, 0.3) is 5.69 Å². The average Bonchev–Trinajstić information content (AvgIpc) is 2.86. The molecule has 0 spiro atoms. The van der Waals surface area contributed by atoms with E-state index >= 15 is 0 Å². The van der Waals surface area contributed by atoms with Gasteiger partial charge >= 0.3 is 0 Å². The highest BCUT2D eigenvalue weighted by Gasteiger charge is 2.08. The normalized spacial score (nSPS) is 10.7. The van der Waals surface area contributed by atoms with Gasteiger partial charge in [-0.25, -0.2) is 4.98 Å². The zero-order valence-corrected chi connectivity index (χ0v) is 12.8. The van der Waals surface area contributed by atoms with E-state index in [2.05, 4.69) is 43.8 Å². The number of halogens is 1. The fourth-order valence-electron chi connectivity index (χ4n) is 1.90. The van der Waals surface area contributed by atoms with Gasteiger partial charge in [-0.2, -0.15) is 0 Å². The van der Waals surface area contributed by atoms with Gasteiger partial charge in [0.25, 0.3) is 0 Å². The minimum atomic E-state index is 0.754. The van der Waals surface area contributed by atoms with Gasteiger partial charge in [0.05, 0.1) is 5.69 Å². The second-order valence-corrected chi connectivity index (χ2v) is 5.13. The van der Waals surface area contributed by atoms with E-state index < -0.39 is 0 Å². The van der Waals surface area contributed by atoms with Gasteiger partial charge in [0.2, 0.25) is 5.95 Å². The minimum absolute atomic E-state index is 0.754. The number of nitrogens with one attached hydrogen (secondary N) is 1. The Kier molecular flexibility index (Phi) is 4.99. The van der Waals surface area contributed by atoms with Crippen LogP contribution in [0.4, 0.5) is 5.95 Å². The van der Waals surface area contributed by atoms with E-state index in [0.717, 1.165) is 35.7 Å². The number of benzene rings is 1. The Labute approximate surface area is 121 Å². The van der Waals surface area contributed by atoms with Gasteiger partial charge in [-0.15, -0.1) is 0 Å². The Morgan fingerprint density at radius 3 is 3.05 bits per heavy atom. The molecule has 0 amide bonds. The van der Waals surface area contributed by atoms with E-state index in [1.165, 1.54) is 5.56 Å². The lowest BCUT2D eigenvalue weighted by atomic mass is 10.2. The molecule has 5 heteroatoms. The van der Waals surface area contributed by atoms with Crippen LogP contribution < -0.4 is 5.32 Å². The zero-order valence-electron chi connectivity index (χ0n) is 11.2. The van der Waals surface area contributed by atoms with Crippen LogP contribution in [0, 0.1) is 6.92 Å². The van der Waals surface area contributed by atoms with Crippen molar-refractivity contribution in [2.24, 2.45) is 0 Å². The second kappa shape index (κ2) is 6.73. The predicted molar refractivity (Wildman–Crippen MR) is 81.0 cm³/mol. The van der Waals surface area contributed by atoms with Crippen LogP contribution in [-0.4, -0.2) is 29.8 Å². The Bertz CT molecular complexity index is 539. The molecule has 1 heterocycles. The van der Waals surface area contributed by atoms with Crippen molar-refractivity contribution in [1.29, 1.82) is 0 Å². The van der Waals surface area contributed by atoms with Gasteiger partial charge in [-0.3, -0.25) is 4.57 Å². The van der Waals surface area contributed by atoms with Gasteiger partial charge < -0.3 is 10.1 Å². The van der Waals surface area contributed by atoms with Crippen molar-refractivity contribution in [1.82, 2.24) is 9.55 Å². The summed E-state index contributed by atoms with van der Waals surface area (Å²) >= 11 is 3.56. The summed E-state index contributed by atoms with van der Waals surface area (Å²) in [4.78, 5) is 4.36. The summed E-state index contributed by atoms with van der Waals surface area (Å²) in [7, 11) is 1.71. The van der Waals surface area contributed by atoms with Crippen molar-refractivity contribution in [3.05, 3.63) is 40.6 Å². The molecule has 0 bridgehead atoms. The zero-order chi connectivity index (χ0) is 13.7. The summed E-state index contributed by atoms with van der Waals surface area (Å²) in [6, 6.07) is 6.16. The summed E-state index contributed by atoms with van der Waals surface area (Å²) in [5.41, 5.74) is 2.32. The van der Waals surface area contributed by atoms with Gasteiger partial charge in [0, 0.05) is 37.1 Å². The Hall–Kier alpha value is -1.33. The summed E-state index contributed by atoms with van der Waals surface area (Å²) in [6.07, 6.45) is 4.73. The van der Waals surface area contributed by atoms with E-state index in [-0.39, 0.29) is 0 Å². The SMILES string of the molecule is COCCCNc1nccn1-c1cccc(Br)c1C. The molecule has 0 aliphatic carbocycles. The van der Waals surface area contributed by atoms with Crippen molar-refractivity contribution in [3.8, 4) is 5.69 Å². The first-order valence-corrected chi connectivity index (χ1v) is 7.05. The third-order valence-corrected chi connectivity index (χ3v) is 3.81. The van der Waals surface area contributed by atoms with Crippen molar-refractivity contribution in [2.75, 3.05) is 25.6 Å². The topological polar surface area (TPSA) is 39.1 Å². The third-order valence-electron chi connectivity index (χ3n) is 2.95. The molecule has 4 nitrogen and oxygen atoms in total. The van der Waals surface area contributed by atoms with Gasteiger partial charge in [-0.1, -0.05) is 22.0 Å². The van der Waals surface area contributed by atoms with Crippen LogP contribution in [0.2, 0.25) is 0 Å². The number of methoxy groups -OCH3 is 1. The lowest BCUT2D eigenvalue weighted by Crippen LogP contribution is -2.10. The van der Waals surface area contributed by atoms with Crippen LogP contribution >= 0.6 is 15.9 Å². The first kappa shape index (κ1) is 14.1. The van der Waals surface area contributed by atoms with Gasteiger partial charge in [0.1, 0.15) is 0 Å². The molecule has 102 valence electrons. The maximum atomic E-state index is 5.04. The number of aromatic nitrogens is 2. The third kappa shape index (κ3) is 3.36. The maximum absolute atomic E-state index is 5.04. The Morgan fingerprint density at radius 2 is 2.26 bits per heavy atom. The van der Waals surface area contributed by atoms with E-state index in [4.69, 9.17) is 4.74 Å². The standard InChI is InChI=1S/C14H18BrN3O/c1-11-12(15)5-3-6-13(11)18-9-8-17-14(18)16-7-4-10-19-2/h3,5-6,8-9H,4,7,10H2,1-2H3,(H,16,17). The number of rotatable bonds is 6. The average molecular weight is 324 g/mol. The molecule has 0 saturated carbocycles. The molecule has 1 N–H and O–H groups in total. The smallest absolute Gasteiger partial charge is 0.207 e. The fourth-order valence-corrected chi connectivity index (χ4v) is 2.26. The molecule has 0 aliphatic heterocycles. The molecule has 0 radical (unpaired) electrons. The van der Waals surface area contributed by atoms with Crippen LogP contribution in [0.1, 0.15) is 12.0 Å². The van der Waals surface area contributed by atoms with Crippen molar-refractivity contribution >= 4 is 21.9 Å². The fraction of sp³-hybridized carbons (Fsp3) is 0.357. The lowest BCUT2D eigenvalue weighted by molar-refractivity contribution is 0.197. The van der Waals surface area contributed by atoms with Gasteiger partial charge in [0.15, 0.2) is 0 Å². The molecule has 0 atom stereocenters. The Balaban J connectivity index is 2.17. The molecule has 0 fully saturated rings. The lowest BCUT2D eigenvalue weighted by Gasteiger charge is -2.13. The van der Waals surface area contributed by atoms with Gasteiger partial charge in [-0.05, 0) is 31.0 Å². The highest BCUT2D eigenvalue weighted by Crippen LogP contribution is 2.24. The molecule has 0 saturated heterocycles. The molecule has 2 rings (SSSR count). The number of ether oxygens (including phenoxy) is 1. The largest absolute Gasteiger partial charge is 0.385 e. The molecule has 0 unspecified atom stereocenters. The number of hydrogen-bond donors (Lipinski definition) is 1. The summed E-state index contributed by atoms with van der Waals surface area (Å²) in [6.45, 7) is 3.69. The highest BCUT2D eigenvalue weighted by molar-refractivity contribution is 9.10. The molecule has 1 aromatic heterocycles. The van der Waals surface area contributed by atoms with Crippen molar-refractivity contribution < 1.29 is 4.74 Å². The number of imidazole rings is 1. The monoisotopic (exact) mass is 323 g/mol. The van der Waals surface area contributed by atoms with Crippen molar-refractivity contribution in [3.63, 3.8) is 0 Å². The molecular formula is C14H18BrN3O. The van der Waals surface area contributed by atoms with E-state index in [1.807, 2.05) is 18.3 Å². The molecule has 0 aliphatic rings. The van der Waals surface area contributed by atoms with E-state index in [1.54, 1.807) is 13.3 Å². The summed E-state index contributed by atoms with van der Waals surface area (Å²) in [5, 5.41) is 3.33. The van der Waals surface area contributed by atoms with Crippen LogP contribution in [0.5, 0.6) is 0 Å². The summed E-state index contributed by atoms with van der Waals surface area (Å²) < 4.78 is 8.20. The van der Waals surface area contributed by atoms with Crippen LogP contribution in [0.3, 0.4) is 0 Å². The number of anilines is 1. The number of nitrogens with zero attached hydrogens (tertiary/aromatic N) is 2. The van der Waals surface area contributed by atoms with E-state index in [0.29, 0.717) is 0 Å². The van der Waals surface area contributed by atoms with Crippen LogP contribution in [0.15, 0.2) is 35.1 Å². The van der Waals surface area contributed by atoms with Crippen LogP contribution in [-0.2, 0) is 4.74 Å². The second-order valence-electron chi connectivity index (χ2n) is 4.28.